The van der Waals surface area contributed by atoms with Gasteiger partial charge >= 0.3 is 0 Å². The first-order valence-corrected chi connectivity index (χ1v) is 2.91. The molecule has 0 fully saturated rings. The second-order valence-electron chi connectivity index (χ2n) is 2.10. The van der Waals surface area contributed by atoms with Gasteiger partial charge in [0.25, 0.3) is 0 Å². The van der Waals surface area contributed by atoms with Gasteiger partial charge in [-0.15, -0.1) is 0 Å². The lowest BCUT2D eigenvalue weighted by molar-refractivity contribution is 0.229. The third-order valence-corrected chi connectivity index (χ3v) is 1.38. The van der Waals surface area contributed by atoms with Crippen LogP contribution in [0.5, 0.6) is 0 Å². The summed E-state index contributed by atoms with van der Waals surface area (Å²) >= 11 is 0. The maximum atomic E-state index is 8.94. The van der Waals surface area contributed by atoms with E-state index in [0.717, 1.165) is 18.5 Å². The lowest BCUT2D eigenvalue weighted by Crippen LogP contribution is -2.01. The van der Waals surface area contributed by atoms with E-state index < -0.39 is 0 Å². The molecule has 0 aromatic heterocycles. The third-order valence-electron chi connectivity index (χ3n) is 1.38. The van der Waals surface area contributed by atoms with Crippen LogP contribution >= 0.6 is 0 Å². The fourth-order valence-corrected chi connectivity index (χ4v) is 0.821. The van der Waals surface area contributed by atoms with Crippen molar-refractivity contribution in [3.63, 3.8) is 0 Å². The van der Waals surface area contributed by atoms with Crippen LogP contribution in [0.15, 0.2) is 11.8 Å². The van der Waals surface area contributed by atoms with E-state index >= 15 is 0 Å². The molecule has 0 amide bonds. The molecule has 46 valence electrons. The molecule has 2 N–H and O–H groups in total. The van der Waals surface area contributed by atoms with E-state index in [1.54, 1.807) is 6.92 Å². The summed E-state index contributed by atoms with van der Waals surface area (Å²) in [6.07, 6.45) is 2.63. The zero-order valence-electron chi connectivity index (χ0n) is 5.02. The number of aliphatic hydroxyl groups is 1. The van der Waals surface area contributed by atoms with Crippen molar-refractivity contribution in [1.82, 2.24) is 5.32 Å². The van der Waals surface area contributed by atoms with Crippen LogP contribution < -0.4 is 5.32 Å². The Morgan fingerprint density at radius 3 is 2.88 bits per heavy atom. The first-order chi connectivity index (χ1) is 3.80. The molecule has 1 heterocycles. The summed E-state index contributed by atoms with van der Waals surface area (Å²) in [5.41, 5.74) is 1.12. The molecule has 2 nitrogen and oxygen atoms in total. The largest absolute Gasteiger partial charge is 0.391 e. The maximum Gasteiger partial charge on any atom is 0.0739 e. The first kappa shape index (κ1) is 5.63. The van der Waals surface area contributed by atoms with Gasteiger partial charge in [0.1, 0.15) is 0 Å². The van der Waals surface area contributed by atoms with Gasteiger partial charge in [0, 0.05) is 6.54 Å². The van der Waals surface area contributed by atoms with Crippen LogP contribution in [0.3, 0.4) is 0 Å². The van der Waals surface area contributed by atoms with E-state index in [1.807, 2.05) is 6.20 Å². The Bertz CT molecular complexity index is 107. The highest BCUT2D eigenvalue weighted by atomic mass is 16.3. The van der Waals surface area contributed by atoms with Crippen LogP contribution in [0.25, 0.3) is 0 Å². The Balaban J connectivity index is 2.45. The van der Waals surface area contributed by atoms with Crippen LogP contribution in [0.2, 0.25) is 0 Å². The Morgan fingerprint density at radius 2 is 2.62 bits per heavy atom. The van der Waals surface area contributed by atoms with Crippen molar-refractivity contribution in [3.05, 3.63) is 11.8 Å². The molecule has 1 atom stereocenters. The van der Waals surface area contributed by atoms with Crippen molar-refractivity contribution in [3.8, 4) is 0 Å². The van der Waals surface area contributed by atoms with Gasteiger partial charge in [0.15, 0.2) is 0 Å². The van der Waals surface area contributed by atoms with Crippen LogP contribution in [0.1, 0.15) is 13.3 Å². The Hall–Kier alpha value is -0.500. The molecule has 1 rings (SSSR count). The molecule has 8 heavy (non-hydrogen) atoms. The van der Waals surface area contributed by atoms with Crippen LogP contribution in [-0.4, -0.2) is 17.8 Å². The predicted octanol–water partition coefficient (Wildman–Crippen LogP) is 0.244. The summed E-state index contributed by atoms with van der Waals surface area (Å²) in [6.45, 7) is 2.78. The van der Waals surface area contributed by atoms with Crippen molar-refractivity contribution in [2.75, 3.05) is 6.54 Å². The molecular weight excluding hydrogens is 102 g/mol. The summed E-state index contributed by atoms with van der Waals surface area (Å²) in [6, 6.07) is 0. The highest BCUT2D eigenvalue weighted by molar-refractivity contribution is 5.10. The smallest absolute Gasteiger partial charge is 0.0739 e. The van der Waals surface area contributed by atoms with Crippen molar-refractivity contribution in [1.29, 1.82) is 0 Å². The molecule has 0 aliphatic carbocycles. The van der Waals surface area contributed by atoms with Gasteiger partial charge in [-0.25, -0.2) is 0 Å². The van der Waals surface area contributed by atoms with Gasteiger partial charge in [-0.2, -0.15) is 0 Å². The average Bonchev–Trinajstić information content (AvgIpc) is 2.12. The van der Waals surface area contributed by atoms with Gasteiger partial charge in [0.05, 0.1) is 6.10 Å². The van der Waals surface area contributed by atoms with Crippen molar-refractivity contribution in [2.24, 2.45) is 0 Å². The Morgan fingerprint density at radius 1 is 1.88 bits per heavy atom. The van der Waals surface area contributed by atoms with Crippen LogP contribution in [-0.2, 0) is 0 Å². The van der Waals surface area contributed by atoms with E-state index in [-0.39, 0.29) is 6.10 Å². The summed E-state index contributed by atoms with van der Waals surface area (Å²) in [5.74, 6) is 0. The predicted molar refractivity (Wildman–Crippen MR) is 32.4 cm³/mol. The minimum atomic E-state index is -0.259. The Kier molecular flexibility index (Phi) is 1.53. The second-order valence-corrected chi connectivity index (χ2v) is 2.10. The lowest BCUT2D eigenvalue weighted by Gasteiger charge is -2.00. The minimum absolute atomic E-state index is 0.259. The summed E-state index contributed by atoms with van der Waals surface area (Å²) in [7, 11) is 0. The van der Waals surface area contributed by atoms with Crippen LogP contribution in [0, 0.1) is 0 Å². The van der Waals surface area contributed by atoms with Gasteiger partial charge in [-0.3, -0.25) is 0 Å². The molecule has 0 saturated heterocycles. The lowest BCUT2D eigenvalue weighted by atomic mass is 10.1. The molecule has 0 saturated carbocycles. The second kappa shape index (κ2) is 2.18. The van der Waals surface area contributed by atoms with Crippen molar-refractivity contribution in [2.45, 2.75) is 19.4 Å². The van der Waals surface area contributed by atoms with Crippen molar-refractivity contribution < 1.29 is 5.11 Å². The van der Waals surface area contributed by atoms with E-state index in [4.69, 9.17) is 5.11 Å². The van der Waals surface area contributed by atoms with E-state index in [9.17, 15) is 0 Å². The maximum absolute atomic E-state index is 8.94. The highest BCUT2D eigenvalue weighted by Gasteiger charge is 2.07. The topological polar surface area (TPSA) is 32.3 Å². The SMILES string of the molecule is CC(O)C1=CNCC1. The number of hydrogen-bond acceptors (Lipinski definition) is 2. The van der Waals surface area contributed by atoms with Gasteiger partial charge in [-0.05, 0) is 25.1 Å². The number of rotatable bonds is 1. The molecule has 1 aliphatic heterocycles. The molecule has 0 aromatic carbocycles. The fraction of sp³-hybridized carbons (Fsp3) is 0.667. The quantitative estimate of drug-likeness (QED) is 0.510. The van der Waals surface area contributed by atoms with Crippen LogP contribution in [0.4, 0.5) is 0 Å². The molecular formula is C6H11NO. The fourth-order valence-electron chi connectivity index (χ4n) is 0.821. The standard InChI is InChI=1S/C6H11NO/c1-5(8)6-2-3-7-4-6/h4-5,7-8H,2-3H2,1H3. The van der Waals surface area contributed by atoms with Crippen molar-refractivity contribution >= 4 is 0 Å². The van der Waals surface area contributed by atoms with E-state index in [0.29, 0.717) is 0 Å². The summed E-state index contributed by atoms with van der Waals surface area (Å²) in [5, 5.41) is 12.0. The highest BCUT2D eigenvalue weighted by Crippen LogP contribution is 2.08. The van der Waals surface area contributed by atoms with Gasteiger partial charge in [-0.1, -0.05) is 0 Å². The van der Waals surface area contributed by atoms with Gasteiger partial charge < -0.3 is 10.4 Å². The third kappa shape index (κ3) is 1.01. The Labute approximate surface area is 49.2 Å². The molecule has 0 spiro atoms. The molecule has 0 radical (unpaired) electrons. The number of aliphatic hydroxyl groups excluding tert-OH is 1. The zero-order chi connectivity index (χ0) is 5.98. The summed E-state index contributed by atoms with van der Waals surface area (Å²) < 4.78 is 0. The van der Waals surface area contributed by atoms with E-state index in [1.165, 1.54) is 0 Å². The normalized spacial score (nSPS) is 22.0. The minimum Gasteiger partial charge on any atom is -0.391 e. The van der Waals surface area contributed by atoms with E-state index in [2.05, 4.69) is 5.32 Å². The molecule has 1 aliphatic rings. The average molecular weight is 113 g/mol. The molecule has 2 heteroatoms. The number of hydrogen-bond donors (Lipinski definition) is 2. The monoisotopic (exact) mass is 113 g/mol. The summed E-state index contributed by atoms with van der Waals surface area (Å²) in [4.78, 5) is 0. The molecule has 0 bridgehead atoms. The molecule has 1 unspecified atom stereocenters. The number of nitrogens with one attached hydrogen (secondary N) is 1. The zero-order valence-corrected chi connectivity index (χ0v) is 5.02. The first-order valence-electron chi connectivity index (χ1n) is 2.91. The molecule has 0 aromatic rings. The van der Waals surface area contributed by atoms with Gasteiger partial charge in [0.2, 0.25) is 0 Å².